The largest absolute Gasteiger partial charge is 0.487 e. The summed E-state index contributed by atoms with van der Waals surface area (Å²) in [6, 6.07) is 5.82. The van der Waals surface area contributed by atoms with Crippen LogP contribution in [0.3, 0.4) is 0 Å². The molecular formula is C14H20ClNO. The summed E-state index contributed by atoms with van der Waals surface area (Å²) >= 11 is 6.15. The Morgan fingerprint density at radius 1 is 1.41 bits per heavy atom. The van der Waals surface area contributed by atoms with E-state index in [2.05, 4.69) is 25.7 Å². The fourth-order valence-electron chi connectivity index (χ4n) is 1.39. The van der Waals surface area contributed by atoms with E-state index < -0.39 is 0 Å². The molecule has 0 saturated heterocycles. The molecule has 0 saturated carbocycles. The molecule has 1 aromatic carbocycles. The zero-order valence-electron chi connectivity index (χ0n) is 10.6. The molecule has 1 rings (SSSR count). The van der Waals surface area contributed by atoms with Crippen molar-refractivity contribution in [2.24, 2.45) is 0 Å². The van der Waals surface area contributed by atoms with Crippen molar-refractivity contribution >= 4 is 11.6 Å². The summed E-state index contributed by atoms with van der Waals surface area (Å²) in [5, 5.41) is 3.93. The highest BCUT2D eigenvalue weighted by Gasteiger charge is 2.08. The van der Waals surface area contributed by atoms with E-state index in [1.165, 1.54) is 0 Å². The SMILES string of the molecule is C=C(CC)COc1c(Cl)cccc1CNCC. The lowest BCUT2D eigenvalue weighted by Crippen LogP contribution is -2.13. The third-order valence-corrected chi connectivity index (χ3v) is 2.83. The van der Waals surface area contributed by atoms with Gasteiger partial charge in [-0.15, -0.1) is 0 Å². The van der Waals surface area contributed by atoms with Crippen LogP contribution in [-0.2, 0) is 6.54 Å². The molecule has 0 spiro atoms. The van der Waals surface area contributed by atoms with Crippen molar-refractivity contribution in [1.82, 2.24) is 5.32 Å². The molecule has 0 atom stereocenters. The monoisotopic (exact) mass is 253 g/mol. The van der Waals surface area contributed by atoms with Gasteiger partial charge in [-0.3, -0.25) is 0 Å². The highest BCUT2D eigenvalue weighted by molar-refractivity contribution is 6.32. The smallest absolute Gasteiger partial charge is 0.142 e. The van der Waals surface area contributed by atoms with Gasteiger partial charge in [-0.25, -0.2) is 0 Å². The van der Waals surface area contributed by atoms with Crippen LogP contribution < -0.4 is 10.1 Å². The van der Waals surface area contributed by atoms with E-state index >= 15 is 0 Å². The average molecular weight is 254 g/mol. The Kier molecular flexibility index (Phi) is 6.09. The van der Waals surface area contributed by atoms with Crippen LogP contribution in [0.15, 0.2) is 30.4 Å². The molecule has 17 heavy (non-hydrogen) atoms. The maximum atomic E-state index is 6.15. The van der Waals surface area contributed by atoms with E-state index in [1.807, 2.05) is 18.2 Å². The number of rotatable bonds is 7. The van der Waals surface area contributed by atoms with E-state index in [4.69, 9.17) is 16.3 Å². The number of hydrogen-bond donors (Lipinski definition) is 1. The minimum atomic E-state index is 0.527. The van der Waals surface area contributed by atoms with E-state index in [1.54, 1.807) is 0 Å². The minimum absolute atomic E-state index is 0.527. The number of benzene rings is 1. The summed E-state index contributed by atoms with van der Waals surface area (Å²) in [6.45, 7) is 10.3. The van der Waals surface area contributed by atoms with Gasteiger partial charge in [-0.2, -0.15) is 0 Å². The number of ether oxygens (including phenoxy) is 1. The van der Waals surface area contributed by atoms with Crippen LogP contribution >= 0.6 is 11.6 Å². The Hall–Kier alpha value is -0.990. The molecule has 0 aliphatic carbocycles. The van der Waals surface area contributed by atoms with Crippen molar-refractivity contribution in [3.63, 3.8) is 0 Å². The molecule has 0 bridgehead atoms. The first-order valence-electron chi connectivity index (χ1n) is 5.96. The molecule has 0 aliphatic rings. The van der Waals surface area contributed by atoms with Crippen LogP contribution in [0.25, 0.3) is 0 Å². The summed E-state index contributed by atoms with van der Waals surface area (Å²) in [6.07, 6.45) is 0.924. The van der Waals surface area contributed by atoms with Crippen LogP contribution in [0.4, 0.5) is 0 Å². The first-order valence-corrected chi connectivity index (χ1v) is 6.34. The van der Waals surface area contributed by atoms with Gasteiger partial charge in [0.05, 0.1) is 5.02 Å². The summed E-state index contributed by atoms with van der Waals surface area (Å²) in [7, 11) is 0. The van der Waals surface area contributed by atoms with Gasteiger partial charge in [0.25, 0.3) is 0 Å². The summed E-state index contributed by atoms with van der Waals surface area (Å²) in [5.41, 5.74) is 2.16. The Balaban J connectivity index is 2.76. The van der Waals surface area contributed by atoms with Crippen molar-refractivity contribution in [1.29, 1.82) is 0 Å². The highest BCUT2D eigenvalue weighted by atomic mass is 35.5. The third kappa shape index (κ3) is 4.41. The summed E-state index contributed by atoms with van der Waals surface area (Å²) in [4.78, 5) is 0. The number of para-hydroxylation sites is 1. The van der Waals surface area contributed by atoms with E-state index in [-0.39, 0.29) is 0 Å². The van der Waals surface area contributed by atoms with Crippen LogP contribution in [-0.4, -0.2) is 13.2 Å². The van der Waals surface area contributed by atoms with Crippen LogP contribution in [0.2, 0.25) is 5.02 Å². The number of nitrogens with one attached hydrogen (secondary N) is 1. The Labute approximate surface area is 109 Å². The second-order valence-corrected chi connectivity index (χ2v) is 4.31. The first kappa shape index (κ1) is 14.1. The predicted molar refractivity (Wildman–Crippen MR) is 73.8 cm³/mol. The molecule has 0 radical (unpaired) electrons. The molecule has 0 aliphatic heterocycles. The molecule has 0 aromatic heterocycles. The molecule has 0 amide bonds. The number of hydrogen-bond acceptors (Lipinski definition) is 2. The second-order valence-electron chi connectivity index (χ2n) is 3.90. The lowest BCUT2D eigenvalue weighted by Gasteiger charge is -2.14. The zero-order valence-corrected chi connectivity index (χ0v) is 11.3. The molecule has 0 heterocycles. The van der Waals surface area contributed by atoms with Crippen LogP contribution in [0, 0.1) is 0 Å². The molecule has 3 heteroatoms. The Bertz CT molecular complexity index is 376. The zero-order chi connectivity index (χ0) is 12.7. The first-order chi connectivity index (χ1) is 8.19. The standard InChI is InChI=1S/C14H20ClNO/c1-4-11(3)10-17-14-12(9-16-5-2)7-6-8-13(14)15/h6-8,16H,3-5,9-10H2,1-2H3. The average Bonchev–Trinajstić information content (AvgIpc) is 2.34. The highest BCUT2D eigenvalue weighted by Crippen LogP contribution is 2.29. The van der Waals surface area contributed by atoms with Crippen molar-refractivity contribution in [3.8, 4) is 5.75 Å². The quantitative estimate of drug-likeness (QED) is 0.747. The lowest BCUT2D eigenvalue weighted by molar-refractivity contribution is 0.344. The molecule has 0 unspecified atom stereocenters. The van der Waals surface area contributed by atoms with Gasteiger partial charge in [0.15, 0.2) is 0 Å². The van der Waals surface area contributed by atoms with E-state index in [0.29, 0.717) is 11.6 Å². The fraction of sp³-hybridized carbons (Fsp3) is 0.429. The Morgan fingerprint density at radius 2 is 2.18 bits per heavy atom. The van der Waals surface area contributed by atoms with Crippen molar-refractivity contribution in [2.75, 3.05) is 13.2 Å². The van der Waals surface area contributed by atoms with Gasteiger partial charge >= 0.3 is 0 Å². The molecule has 94 valence electrons. The molecule has 1 N–H and O–H groups in total. The topological polar surface area (TPSA) is 21.3 Å². The molecule has 0 fully saturated rings. The Morgan fingerprint density at radius 3 is 2.82 bits per heavy atom. The van der Waals surface area contributed by atoms with Gasteiger partial charge in [0.2, 0.25) is 0 Å². The van der Waals surface area contributed by atoms with Gasteiger partial charge in [0.1, 0.15) is 12.4 Å². The van der Waals surface area contributed by atoms with Gasteiger partial charge in [-0.1, -0.05) is 44.2 Å². The van der Waals surface area contributed by atoms with Crippen molar-refractivity contribution in [2.45, 2.75) is 26.8 Å². The van der Waals surface area contributed by atoms with E-state index in [9.17, 15) is 0 Å². The van der Waals surface area contributed by atoms with Crippen LogP contribution in [0.5, 0.6) is 5.75 Å². The van der Waals surface area contributed by atoms with Crippen molar-refractivity contribution in [3.05, 3.63) is 40.9 Å². The maximum Gasteiger partial charge on any atom is 0.142 e. The summed E-state index contributed by atoms with van der Waals surface area (Å²) in [5.74, 6) is 0.768. The predicted octanol–water partition coefficient (Wildman–Crippen LogP) is 3.79. The van der Waals surface area contributed by atoms with Gasteiger partial charge in [0, 0.05) is 12.1 Å². The van der Waals surface area contributed by atoms with Gasteiger partial charge < -0.3 is 10.1 Å². The minimum Gasteiger partial charge on any atom is -0.487 e. The lowest BCUT2D eigenvalue weighted by atomic mass is 10.2. The molecular weight excluding hydrogens is 234 g/mol. The maximum absolute atomic E-state index is 6.15. The fourth-order valence-corrected chi connectivity index (χ4v) is 1.64. The third-order valence-electron chi connectivity index (χ3n) is 2.53. The second kappa shape index (κ2) is 7.36. The van der Waals surface area contributed by atoms with Gasteiger partial charge in [-0.05, 0) is 24.6 Å². The normalized spacial score (nSPS) is 10.3. The van der Waals surface area contributed by atoms with Crippen LogP contribution in [0.1, 0.15) is 25.8 Å². The molecule has 1 aromatic rings. The summed E-state index contributed by atoms with van der Waals surface area (Å²) < 4.78 is 5.75. The van der Waals surface area contributed by atoms with E-state index in [0.717, 1.165) is 36.4 Å². The number of halogens is 1. The molecule has 2 nitrogen and oxygen atoms in total. The van der Waals surface area contributed by atoms with Crippen molar-refractivity contribution < 1.29 is 4.74 Å².